The Morgan fingerprint density at radius 3 is 2.07 bits per heavy atom. The average molecular weight is 406 g/mol. The van der Waals surface area contributed by atoms with E-state index in [0.717, 1.165) is 0 Å². The lowest BCUT2D eigenvalue weighted by molar-refractivity contribution is -0.185. The lowest BCUT2D eigenvalue weighted by atomic mass is 9.87. The van der Waals surface area contributed by atoms with E-state index in [1.807, 2.05) is 0 Å². The Bertz CT molecular complexity index is 848. The molecule has 1 saturated carbocycles. The van der Waals surface area contributed by atoms with Crippen LogP contribution in [0.1, 0.15) is 42.4 Å². The molecule has 0 heterocycles. The molecule has 28 heavy (non-hydrogen) atoms. The molecule has 1 fully saturated rings. The maximum atomic E-state index is 13.8. The summed E-state index contributed by atoms with van der Waals surface area (Å²) in [5.74, 6) is -1.82. The zero-order valence-electron chi connectivity index (χ0n) is 15.1. The summed E-state index contributed by atoms with van der Waals surface area (Å²) in [4.78, 5) is 0. The van der Waals surface area contributed by atoms with E-state index in [1.165, 1.54) is 24.3 Å². The molecule has 8 heteroatoms. The first-order chi connectivity index (χ1) is 13.0. The molecular formula is C20H20F6O2. The standard InChI is InChI=1S/C20H20F6O2/c1-11-2-7-15-14(16(11)10-27)8-9-17(18(15)20(24,25)26)28-13-5-3-12(4-6-13)19(21,22)23/h2,7-9,12-13,27H,3-6,10H2,1H3. The molecule has 0 bridgehead atoms. The third kappa shape index (κ3) is 4.06. The van der Waals surface area contributed by atoms with Crippen LogP contribution >= 0.6 is 0 Å². The van der Waals surface area contributed by atoms with E-state index in [9.17, 15) is 31.4 Å². The number of hydrogen-bond donors (Lipinski definition) is 1. The van der Waals surface area contributed by atoms with Gasteiger partial charge in [-0.25, -0.2) is 0 Å². The largest absolute Gasteiger partial charge is 0.490 e. The molecule has 0 atom stereocenters. The summed E-state index contributed by atoms with van der Waals surface area (Å²) in [7, 11) is 0. The Morgan fingerprint density at radius 2 is 1.54 bits per heavy atom. The molecule has 154 valence electrons. The zero-order chi connectivity index (χ0) is 20.7. The van der Waals surface area contributed by atoms with Gasteiger partial charge in [0.05, 0.1) is 18.6 Å². The maximum Gasteiger partial charge on any atom is 0.420 e. The molecular weight excluding hydrogens is 386 g/mol. The van der Waals surface area contributed by atoms with Crippen LogP contribution in [0.15, 0.2) is 24.3 Å². The van der Waals surface area contributed by atoms with E-state index in [0.29, 0.717) is 11.1 Å². The smallest absolute Gasteiger partial charge is 0.420 e. The van der Waals surface area contributed by atoms with Gasteiger partial charge in [-0.05, 0) is 60.6 Å². The van der Waals surface area contributed by atoms with Crippen LogP contribution in [0.2, 0.25) is 0 Å². The van der Waals surface area contributed by atoms with Crippen molar-refractivity contribution < 1.29 is 36.2 Å². The minimum Gasteiger partial charge on any atom is -0.490 e. The Kier molecular flexibility index (Phi) is 5.53. The van der Waals surface area contributed by atoms with Crippen LogP contribution in [0.5, 0.6) is 5.75 Å². The molecule has 2 nitrogen and oxygen atoms in total. The molecule has 0 aromatic heterocycles. The second-order valence-electron chi connectivity index (χ2n) is 7.18. The molecule has 0 spiro atoms. The summed E-state index contributed by atoms with van der Waals surface area (Å²) in [5.41, 5.74) is 0.111. The van der Waals surface area contributed by atoms with Crippen LogP contribution in [-0.2, 0) is 12.8 Å². The highest BCUT2D eigenvalue weighted by Gasteiger charge is 2.42. The molecule has 1 N–H and O–H groups in total. The van der Waals surface area contributed by atoms with Gasteiger partial charge in [0.1, 0.15) is 11.3 Å². The first-order valence-electron chi connectivity index (χ1n) is 8.99. The van der Waals surface area contributed by atoms with Gasteiger partial charge in [-0.1, -0.05) is 18.2 Å². The first-order valence-corrected chi connectivity index (χ1v) is 8.99. The number of halogens is 6. The minimum absolute atomic E-state index is 0.0509. The predicted molar refractivity (Wildman–Crippen MR) is 92.0 cm³/mol. The van der Waals surface area contributed by atoms with Crippen LogP contribution < -0.4 is 4.74 Å². The van der Waals surface area contributed by atoms with Crippen molar-refractivity contribution in [3.05, 3.63) is 41.0 Å². The van der Waals surface area contributed by atoms with E-state index in [-0.39, 0.29) is 42.2 Å². The third-order valence-electron chi connectivity index (χ3n) is 5.38. The molecule has 0 aliphatic heterocycles. The fraction of sp³-hybridized carbons (Fsp3) is 0.500. The molecule has 3 rings (SSSR count). The van der Waals surface area contributed by atoms with Gasteiger partial charge in [0.2, 0.25) is 0 Å². The Balaban J connectivity index is 1.95. The highest BCUT2D eigenvalue weighted by atomic mass is 19.4. The van der Waals surface area contributed by atoms with Crippen molar-refractivity contribution in [2.45, 2.75) is 57.7 Å². The summed E-state index contributed by atoms with van der Waals surface area (Å²) >= 11 is 0. The van der Waals surface area contributed by atoms with Gasteiger partial charge >= 0.3 is 12.4 Å². The molecule has 2 aromatic rings. The zero-order valence-corrected chi connectivity index (χ0v) is 15.1. The van der Waals surface area contributed by atoms with E-state index in [1.54, 1.807) is 6.92 Å². The summed E-state index contributed by atoms with van der Waals surface area (Å²) in [6.07, 6.45) is -9.90. The minimum atomic E-state index is -4.71. The quantitative estimate of drug-likeness (QED) is 0.619. The van der Waals surface area contributed by atoms with E-state index in [4.69, 9.17) is 4.74 Å². The Morgan fingerprint density at radius 1 is 0.929 bits per heavy atom. The maximum absolute atomic E-state index is 13.8. The number of benzene rings is 2. The molecule has 0 amide bonds. The van der Waals surface area contributed by atoms with Crippen LogP contribution in [-0.4, -0.2) is 17.4 Å². The van der Waals surface area contributed by atoms with Gasteiger partial charge in [-0.3, -0.25) is 0 Å². The number of aliphatic hydroxyl groups excluding tert-OH is 1. The molecule has 0 radical (unpaired) electrons. The van der Waals surface area contributed by atoms with Crippen LogP contribution in [0, 0.1) is 12.8 Å². The summed E-state index contributed by atoms with van der Waals surface area (Å²) in [6.45, 7) is 1.30. The second-order valence-corrected chi connectivity index (χ2v) is 7.18. The van der Waals surface area contributed by atoms with Gasteiger partial charge in [0, 0.05) is 0 Å². The van der Waals surface area contributed by atoms with Crippen molar-refractivity contribution in [3.8, 4) is 5.75 Å². The summed E-state index contributed by atoms with van der Waals surface area (Å²) in [5, 5.41) is 9.71. The topological polar surface area (TPSA) is 29.5 Å². The number of ether oxygens (including phenoxy) is 1. The number of fused-ring (bicyclic) bond motifs is 1. The first kappa shape index (κ1) is 20.8. The Hall–Kier alpha value is -1.96. The molecule has 2 aromatic carbocycles. The highest BCUT2D eigenvalue weighted by Crippen LogP contribution is 2.44. The normalized spacial score (nSPS) is 21.1. The van der Waals surface area contributed by atoms with Crippen LogP contribution in [0.3, 0.4) is 0 Å². The molecule has 1 aliphatic carbocycles. The van der Waals surface area contributed by atoms with Gasteiger partial charge < -0.3 is 9.84 Å². The van der Waals surface area contributed by atoms with Crippen molar-refractivity contribution in [2.75, 3.05) is 0 Å². The monoisotopic (exact) mass is 406 g/mol. The van der Waals surface area contributed by atoms with E-state index >= 15 is 0 Å². The van der Waals surface area contributed by atoms with Gasteiger partial charge in [-0.15, -0.1) is 0 Å². The van der Waals surface area contributed by atoms with Crippen LogP contribution in [0.4, 0.5) is 26.3 Å². The summed E-state index contributed by atoms with van der Waals surface area (Å²) < 4.78 is 85.3. The van der Waals surface area contributed by atoms with Crippen LogP contribution in [0.25, 0.3) is 10.8 Å². The highest BCUT2D eigenvalue weighted by molar-refractivity contribution is 5.91. The van der Waals surface area contributed by atoms with Gasteiger partial charge in [-0.2, -0.15) is 26.3 Å². The van der Waals surface area contributed by atoms with Gasteiger partial charge in [0.25, 0.3) is 0 Å². The number of hydrogen-bond acceptors (Lipinski definition) is 2. The summed E-state index contributed by atoms with van der Waals surface area (Å²) in [6, 6.07) is 5.49. The van der Waals surface area contributed by atoms with Gasteiger partial charge in [0.15, 0.2) is 0 Å². The molecule has 0 saturated heterocycles. The van der Waals surface area contributed by atoms with Crippen molar-refractivity contribution >= 4 is 10.8 Å². The van der Waals surface area contributed by atoms with Crippen molar-refractivity contribution in [2.24, 2.45) is 5.92 Å². The average Bonchev–Trinajstić information content (AvgIpc) is 2.60. The SMILES string of the molecule is Cc1ccc2c(C(F)(F)F)c(OC3CCC(C(F)(F)F)CC3)ccc2c1CO. The fourth-order valence-electron chi connectivity index (χ4n) is 3.85. The number of aryl methyl sites for hydroxylation is 1. The lowest BCUT2D eigenvalue weighted by Gasteiger charge is -2.31. The van der Waals surface area contributed by atoms with E-state index in [2.05, 4.69) is 0 Å². The predicted octanol–water partition coefficient (Wildman–Crippen LogP) is 6.16. The number of aliphatic hydroxyl groups is 1. The van der Waals surface area contributed by atoms with Crippen molar-refractivity contribution in [1.82, 2.24) is 0 Å². The van der Waals surface area contributed by atoms with Crippen molar-refractivity contribution in [1.29, 1.82) is 0 Å². The van der Waals surface area contributed by atoms with E-state index < -0.39 is 36.5 Å². The van der Waals surface area contributed by atoms with Crippen molar-refractivity contribution in [3.63, 3.8) is 0 Å². The molecule has 0 unspecified atom stereocenters. The lowest BCUT2D eigenvalue weighted by Crippen LogP contribution is -2.32. The third-order valence-corrected chi connectivity index (χ3v) is 5.38. The second kappa shape index (κ2) is 7.46. The number of rotatable bonds is 3. The fourth-order valence-corrected chi connectivity index (χ4v) is 3.85. The Labute approximate surface area is 158 Å². The number of alkyl halides is 6. The molecule has 1 aliphatic rings.